The summed E-state index contributed by atoms with van der Waals surface area (Å²) in [5.41, 5.74) is 6.58. The zero-order valence-electron chi connectivity index (χ0n) is 11.2. The predicted octanol–water partition coefficient (Wildman–Crippen LogP) is 3.71. The maximum absolute atomic E-state index is 6.45. The van der Waals surface area contributed by atoms with E-state index in [2.05, 4.69) is 45.9 Å². The SMILES string of the molecule is CCCC(C)C1(C(N)C(C)C)C=CC=[C]C1. The average Bonchev–Trinajstić information content (AvgIpc) is 2.29. The zero-order valence-corrected chi connectivity index (χ0v) is 11.2. The first-order chi connectivity index (χ1) is 7.54. The van der Waals surface area contributed by atoms with E-state index in [0.717, 1.165) is 6.42 Å². The molecule has 1 heteroatoms. The van der Waals surface area contributed by atoms with Crippen LogP contribution in [-0.2, 0) is 0 Å². The molecule has 1 nitrogen and oxygen atoms in total. The van der Waals surface area contributed by atoms with Crippen LogP contribution in [-0.4, -0.2) is 6.04 Å². The van der Waals surface area contributed by atoms with Crippen LogP contribution in [0.2, 0.25) is 0 Å². The Morgan fingerprint density at radius 2 is 2.06 bits per heavy atom. The van der Waals surface area contributed by atoms with Gasteiger partial charge in [0.2, 0.25) is 0 Å². The number of hydrogen-bond donors (Lipinski definition) is 1. The van der Waals surface area contributed by atoms with Gasteiger partial charge in [-0.2, -0.15) is 0 Å². The number of nitrogens with two attached hydrogens (primary N) is 1. The Kier molecular flexibility index (Phi) is 4.79. The molecule has 0 saturated heterocycles. The van der Waals surface area contributed by atoms with Crippen molar-refractivity contribution in [2.45, 2.75) is 53.0 Å². The van der Waals surface area contributed by atoms with E-state index in [9.17, 15) is 0 Å². The second kappa shape index (κ2) is 5.67. The summed E-state index contributed by atoms with van der Waals surface area (Å²) in [7, 11) is 0. The Morgan fingerprint density at radius 1 is 1.38 bits per heavy atom. The van der Waals surface area contributed by atoms with Crippen molar-refractivity contribution in [3.8, 4) is 0 Å². The second-order valence-electron chi connectivity index (χ2n) is 5.48. The van der Waals surface area contributed by atoms with E-state index in [4.69, 9.17) is 5.73 Å². The van der Waals surface area contributed by atoms with Crippen LogP contribution in [0.5, 0.6) is 0 Å². The molecule has 1 rings (SSSR count). The molecule has 0 heterocycles. The standard InChI is InChI=1S/C15H26N/c1-5-9-13(4)15(14(16)12(2)3)10-7-6-8-11-15/h6-7,10,12-14H,5,9,11,16H2,1-4H3. The first kappa shape index (κ1) is 13.5. The van der Waals surface area contributed by atoms with Gasteiger partial charge in [0.25, 0.3) is 0 Å². The van der Waals surface area contributed by atoms with Crippen LogP contribution in [0.4, 0.5) is 0 Å². The van der Waals surface area contributed by atoms with E-state index < -0.39 is 0 Å². The molecule has 0 amide bonds. The summed E-state index contributed by atoms with van der Waals surface area (Å²) in [4.78, 5) is 0. The lowest BCUT2D eigenvalue weighted by atomic mass is 9.63. The van der Waals surface area contributed by atoms with Gasteiger partial charge in [-0.25, -0.2) is 0 Å². The molecule has 3 unspecified atom stereocenters. The molecule has 91 valence electrons. The van der Waals surface area contributed by atoms with Crippen LogP contribution < -0.4 is 5.73 Å². The molecular weight excluding hydrogens is 194 g/mol. The van der Waals surface area contributed by atoms with Crippen LogP contribution in [0, 0.1) is 23.3 Å². The Balaban J connectivity index is 2.93. The summed E-state index contributed by atoms with van der Waals surface area (Å²) in [5, 5.41) is 0. The minimum Gasteiger partial charge on any atom is -0.327 e. The number of allylic oxidation sites excluding steroid dienone is 3. The molecule has 0 bridgehead atoms. The topological polar surface area (TPSA) is 26.0 Å². The van der Waals surface area contributed by atoms with Crippen molar-refractivity contribution in [1.29, 1.82) is 0 Å². The van der Waals surface area contributed by atoms with Crippen LogP contribution >= 0.6 is 0 Å². The van der Waals surface area contributed by atoms with Crippen molar-refractivity contribution in [2.75, 3.05) is 0 Å². The summed E-state index contributed by atoms with van der Waals surface area (Å²) in [6.07, 6.45) is 13.3. The summed E-state index contributed by atoms with van der Waals surface area (Å²) in [6, 6.07) is 0.228. The summed E-state index contributed by atoms with van der Waals surface area (Å²) in [5.74, 6) is 1.15. The molecule has 0 aromatic rings. The average molecular weight is 220 g/mol. The largest absolute Gasteiger partial charge is 0.327 e. The Hall–Kier alpha value is -0.560. The fraction of sp³-hybridized carbons (Fsp3) is 0.733. The maximum atomic E-state index is 6.45. The number of hydrogen-bond acceptors (Lipinski definition) is 1. The van der Waals surface area contributed by atoms with E-state index in [1.165, 1.54) is 12.8 Å². The van der Waals surface area contributed by atoms with Gasteiger partial charge < -0.3 is 5.73 Å². The van der Waals surface area contributed by atoms with E-state index in [1.54, 1.807) is 0 Å². The lowest BCUT2D eigenvalue weighted by Crippen LogP contribution is -2.48. The van der Waals surface area contributed by atoms with Crippen molar-refractivity contribution >= 4 is 0 Å². The normalized spacial score (nSPS) is 28.4. The highest BCUT2D eigenvalue weighted by atomic mass is 14.7. The highest BCUT2D eigenvalue weighted by Crippen LogP contribution is 2.42. The molecular formula is C15H26N. The van der Waals surface area contributed by atoms with Gasteiger partial charge in [-0.05, 0) is 24.3 Å². The molecule has 3 atom stereocenters. The molecule has 1 radical (unpaired) electrons. The Bertz CT molecular complexity index is 265. The van der Waals surface area contributed by atoms with Gasteiger partial charge in [0.15, 0.2) is 0 Å². The Morgan fingerprint density at radius 3 is 2.50 bits per heavy atom. The highest BCUT2D eigenvalue weighted by Gasteiger charge is 2.40. The van der Waals surface area contributed by atoms with Crippen molar-refractivity contribution < 1.29 is 0 Å². The van der Waals surface area contributed by atoms with E-state index in [1.807, 2.05) is 6.08 Å². The van der Waals surface area contributed by atoms with Gasteiger partial charge >= 0.3 is 0 Å². The van der Waals surface area contributed by atoms with Gasteiger partial charge in [0.1, 0.15) is 0 Å². The number of rotatable bonds is 5. The van der Waals surface area contributed by atoms with Crippen molar-refractivity contribution in [3.05, 3.63) is 24.3 Å². The third-order valence-electron chi connectivity index (χ3n) is 4.01. The molecule has 0 fully saturated rings. The van der Waals surface area contributed by atoms with Crippen LogP contribution in [0.3, 0.4) is 0 Å². The van der Waals surface area contributed by atoms with Gasteiger partial charge in [0, 0.05) is 11.5 Å². The summed E-state index contributed by atoms with van der Waals surface area (Å²) >= 11 is 0. The van der Waals surface area contributed by atoms with Crippen molar-refractivity contribution in [1.82, 2.24) is 0 Å². The molecule has 0 spiro atoms. The van der Waals surface area contributed by atoms with Crippen LogP contribution in [0.1, 0.15) is 47.0 Å². The van der Waals surface area contributed by atoms with Crippen LogP contribution in [0.25, 0.3) is 0 Å². The fourth-order valence-corrected chi connectivity index (χ4v) is 2.81. The molecule has 0 saturated carbocycles. The molecule has 0 aliphatic heterocycles. The van der Waals surface area contributed by atoms with Gasteiger partial charge in [0.05, 0.1) is 0 Å². The fourth-order valence-electron chi connectivity index (χ4n) is 2.81. The zero-order chi connectivity index (χ0) is 12.2. The molecule has 2 N–H and O–H groups in total. The quantitative estimate of drug-likeness (QED) is 0.751. The summed E-state index contributed by atoms with van der Waals surface area (Å²) < 4.78 is 0. The highest BCUT2D eigenvalue weighted by molar-refractivity contribution is 5.18. The second-order valence-corrected chi connectivity index (χ2v) is 5.48. The lowest BCUT2D eigenvalue weighted by Gasteiger charge is -2.44. The lowest BCUT2D eigenvalue weighted by molar-refractivity contribution is 0.150. The van der Waals surface area contributed by atoms with E-state index in [-0.39, 0.29) is 11.5 Å². The molecule has 1 aliphatic carbocycles. The molecule has 16 heavy (non-hydrogen) atoms. The molecule has 1 aliphatic rings. The van der Waals surface area contributed by atoms with Crippen molar-refractivity contribution in [3.63, 3.8) is 0 Å². The molecule has 0 aromatic carbocycles. The minimum absolute atomic E-state index is 0.124. The van der Waals surface area contributed by atoms with Gasteiger partial charge in [-0.1, -0.05) is 58.8 Å². The first-order valence-corrected chi connectivity index (χ1v) is 6.54. The maximum Gasteiger partial charge on any atom is 0.0159 e. The molecule has 0 aromatic heterocycles. The van der Waals surface area contributed by atoms with Gasteiger partial charge in [-0.15, -0.1) is 0 Å². The monoisotopic (exact) mass is 220 g/mol. The smallest absolute Gasteiger partial charge is 0.0159 e. The van der Waals surface area contributed by atoms with E-state index in [0.29, 0.717) is 11.8 Å². The van der Waals surface area contributed by atoms with Gasteiger partial charge in [-0.3, -0.25) is 0 Å². The Labute approximate surface area is 101 Å². The van der Waals surface area contributed by atoms with Crippen LogP contribution in [0.15, 0.2) is 18.2 Å². The van der Waals surface area contributed by atoms with Crippen molar-refractivity contribution in [2.24, 2.45) is 23.0 Å². The third-order valence-corrected chi connectivity index (χ3v) is 4.01. The van der Waals surface area contributed by atoms with E-state index >= 15 is 0 Å². The third kappa shape index (κ3) is 2.57. The first-order valence-electron chi connectivity index (χ1n) is 6.54. The summed E-state index contributed by atoms with van der Waals surface area (Å²) in [6.45, 7) is 9.02. The minimum atomic E-state index is 0.124. The predicted molar refractivity (Wildman–Crippen MR) is 70.9 cm³/mol.